The van der Waals surface area contributed by atoms with Crippen LogP contribution in [0.2, 0.25) is 0 Å². The molecule has 0 aromatic heterocycles. The molecule has 0 radical (unpaired) electrons. The third kappa shape index (κ3) is 2.94. The van der Waals surface area contributed by atoms with E-state index in [0.29, 0.717) is 5.56 Å². The van der Waals surface area contributed by atoms with Crippen LogP contribution in [0.1, 0.15) is 62.5 Å². The summed E-state index contributed by atoms with van der Waals surface area (Å²) < 4.78 is 27.6. The zero-order valence-corrected chi connectivity index (χ0v) is 11.3. The molecule has 2 rings (SSSR count). The van der Waals surface area contributed by atoms with Gasteiger partial charge in [-0.25, -0.2) is 8.78 Å². The van der Waals surface area contributed by atoms with E-state index in [2.05, 4.69) is 6.92 Å². The molecule has 0 spiro atoms. The van der Waals surface area contributed by atoms with Crippen LogP contribution in [-0.2, 0) is 0 Å². The maximum Gasteiger partial charge on any atom is 0.176 e. The van der Waals surface area contributed by atoms with Crippen molar-refractivity contribution < 1.29 is 8.78 Å². The van der Waals surface area contributed by atoms with E-state index < -0.39 is 11.6 Å². The van der Waals surface area contributed by atoms with Crippen LogP contribution in [0.5, 0.6) is 0 Å². The first-order valence-electron chi connectivity index (χ1n) is 7.05. The van der Waals surface area contributed by atoms with Gasteiger partial charge < -0.3 is 0 Å². The Morgan fingerprint density at radius 1 is 1.16 bits per heavy atom. The van der Waals surface area contributed by atoms with Gasteiger partial charge in [-0.05, 0) is 49.1 Å². The minimum Gasteiger partial charge on any atom is -0.203 e. The summed E-state index contributed by atoms with van der Waals surface area (Å²) >= 11 is 0. The normalized spacial score (nSPS) is 23.1. The lowest BCUT2D eigenvalue weighted by Crippen LogP contribution is -2.15. The fourth-order valence-electron chi connectivity index (χ4n) is 3.14. The first-order valence-corrected chi connectivity index (χ1v) is 7.05. The average Bonchev–Trinajstić information content (AvgIpc) is 2.43. The first-order chi connectivity index (χ1) is 9.17. The number of hydrogen-bond donors (Lipinski definition) is 0. The molecule has 0 saturated heterocycles. The van der Waals surface area contributed by atoms with Gasteiger partial charge in [-0.3, -0.25) is 0 Å². The minimum absolute atomic E-state index is 0.107. The Kier molecular flexibility index (Phi) is 4.52. The molecule has 1 fully saturated rings. The largest absolute Gasteiger partial charge is 0.203 e. The standard InChI is InChI=1S/C16H19F2N/c1-2-3-11-4-6-12(7-5-11)14-9-8-13(10-19)15(17)16(14)18/h8-9,11-12H,2-7H2,1H3/t11-,12-. The summed E-state index contributed by atoms with van der Waals surface area (Å²) in [6.45, 7) is 2.18. The van der Waals surface area contributed by atoms with Gasteiger partial charge in [0.05, 0.1) is 5.56 Å². The van der Waals surface area contributed by atoms with E-state index in [1.807, 2.05) is 0 Å². The Bertz CT molecular complexity index is 482. The Labute approximate surface area is 113 Å². The van der Waals surface area contributed by atoms with Crippen molar-refractivity contribution in [3.63, 3.8) is 0 Å². The van der Waals surface area contributed by atoms with Crippen LogP contribution in [0.4, 0.5) is 8.78 Å². The summed E-state index contributed by atoms with van der Waals surface area (Å²) in [7, 11) is 0. The number of rotatable bonds is 3. The molecule has 1 saturated carbocycles. The van der Waals surface area contributed by atoms with Crippen LogP contribution >= 0.6 is 0 Å². The summed E-state index contributed by atoms with van der Waals surface area (Å²) in [5.41, 5.74) is 0.243. The SMILES string of the molecule is CCC[C@H]1CC[C@H](c2ccc(C#N)c(F)c2F)CC1. The Hall–Kier alpha value is -1.43. The maximum absolute atomic E-state index is 14.0. The molecule has 0 atom stereocenters. The second-order valence-electron chi connectivity index (χ2n) is 5.45. The van der Waals surface area contributed by atoms with Crippen molar-refractivity contribution >= 4 is 0 Å². The summed E-state index contributed by atoms with van der Waals surface area (Å²) in [5, 5.41) is 8.68. The molecule has 1 aromatic carbocycles. The molecule has 0 aliphatic heterocycles. The second-order valence-corrected chi connectivity index (χ2v) is 5.45. The van der Waals surface area contributed by atoms with Crippen molar-refractivity contribution in [2.75, 3.05) is 0 Å². The molecular formula is C16H19F2N. The highest BCUT2D eigenvalue weighted by Gasteiger charge is 2.25. The highest BCUT2D eigenvalue weighted by atomic mass is 19.2. The van der Waals surface area contributed by atoms with Gasteiger partial charge in [0.25, 0.3) is 0 Å². The third-order valence-electron chi connectivity index (χ3n) is 4.22. The van der Waals surface area contributed by atoms with Crippen molar-refractivity contribution in [2.45, 2.75) is 51.4 Å². The van der Waals surface area contributed by atoms with Gasteiger partial charge in [0, 0.05) is 0 Å². The Morgan fingerprint density at radius 2 is 1.84 bits per heavy atom. The van der Waals surface area contributed by atoms with E-state index in [1.165, 1.54) is 18.9 Å². The topological polar surface area (TPSA) is 23.8 Å². The summed E-state index contributed by atoms with van der Waals surface area (Å²) in [6, 6.07) is 4.65. The Morgan fingerprint density at radius 3 is 2.42 bits per heavy atom. The molecule has 3 heteroatoms. The van der Waals surface area contributed by atoms with Gasteiger partial charge >= 0.3 is 0 Å². The molecule has 1 aliphatic rings. The van der Waals surface area contributed by atoms with Crippen molar-refractivity contribution in [1.82, 2.24) is 0 Å². The number of halogens is 2. The van der Waals surface area contributed by atoms with Crippen LogP contribution in [0.3, 0.4) is 0 Å². The third-order valence-corrected chi connectivity index (χ3v) is 4.22. The van der Waals surface area contributed by atoms with E-state index in [9.17, 15) is 8.78 Å². The quantitative estimate of drug-likeness (QED) is 0.760. The van der Waals surface area contributed by atoms with E-state index in [1.54, 1.807) is 12.1 Å². The molecule has 0 unspecified atom stereocenters. The summed E-state index contributed by atoms with van der Waals surface area (Å²) in [5.74, 6) is -0.962. The highest BCUT2D eigenvalue weighted by molar-refractivity contribution is 5.36. The molecule has 1 aromatic rings. The molecule has 102 valence electrons. The average molecular weight is 263 g/mol. The molecule has 1 aliphatic carbocycles. The molecule has 19 heavy (non-hydrogen) atoms. The van der Waals surface area contributed by atoms with Gasteiger partial charge in [-0.1, -0.05) is 25.8 Å². The number of nitriles is 1. The van der Waals surface area contributed by atoms with Crippen LogP contribution in [0.25, 0.3) is 0 Å². The molecule has 0 bridgehead atoms. The highest BCUT2D eigenvalue weighted by Crippen LogP contribution is 2.38. The summed E-state index contributed by atoms with van der Waals surface area (Å²) in [6.07, 6.45) is 6.46. The van der Waals surface area contributed by atoms with E-state index in [-0.39, 0.29) is 11.5 Å². The molecular weight excluding hydrogens is 244 g/mol. The molecule has 0 N–H and O–H groups in total. The van der Waals surface area contributed by atoms with Gasteiger partial charge in [-0.15, -0.1) is 0 Å². The lowest BCUT2D eigenvalue weighted by molar-refractivity contribution is 0.303. The predicted octanol–water partition coefficient (Wildman–Crippen LogP) is 4.91. The fourth-order valence-corrected chi connectivity index (χ4v) is 3.14. The van der Waals surface area contributed by atoms with Crippen LogP contribution in [0, 0.1) is 28.9 Å². The molecule has 0 amide bonds. The van der Waals surface area contributed by atoms with E-state index in [0.717, 1.165) is 31.6 Å². The van der Waals surface area contributed by atoms with E-state index >= 15 is 0 Å². The monoisotopic (exact) mass is 263 g/mol. The number of nitrogens with zero attached hydrogens (tertiary/aromatic N) is 1. The zero-order chi connectivity index (χ0) is 13.8. The predicted molar refractivity (Wildman–Crippen MR) is 70.7 cm³/mol. The lowest BCUT2D eigenvalue weighted by Gasteiger charge is -2.28. The van der Waals surface area contributed by atoms with Crippen LogP contribution in [0.15, 0.2) is 12.1 Å². The minimum atomic E-state index is -0.990. The zero-order valence-electron chi connectivity index (χ0n) is 11.3. The number of hydrogen-bond acceptors (Lipinski definition) is 1. The second kappa shape index (κ2) is 6.14. The Balaban J connectivity index is 2.12. The van der Waals surface area contributed by atoms with E-state index in [4.69, 9.17) is 5.26 Å². The van der Waals surface area contributed by atoms with Crippen molar-refractivity contribution in [1.29, 1.82) is 5.26 Å². The molecule has 1 nitrogen and oxygen atoms in total. The van der Waals surface area contributed by atoms with Crippen LogP contribution < -0.4 is 0 Å². The van der Waals surface area contributed by atoms with Crippen molar-refractivity contribution in [3.8, 4) is 6.07 Å². The fraction of sp³-hybridized carbons (Fsp3) is 0.562. The smallest absolute Gasteiger partial charge is 0.176 e. The number of benzene rings is 1. The molecule has 0 heterocycles. The lowest BCUT2D eigenvalue weighted by atomic mass is 9.77. The summed E-state index contributed by atoms with van der Waals surface area (Å²) in [4.78, 5) is 0. The van der Waals surface area contributed by atoms with Gasteiger partial charge in [0.1, 0.15) is 6.07 Å². The van der Waals surface area contributed by atoms with Gasteiger partial charge in [0.2, 0.25) is 0 Å². The van der Waals surface area contributed by atoms with Gasteiger partial charge in [-0.2, -0.15) is 5.26 Å². The maximum atomic E-state index is 14.0. The van der Waals surface area contributed by atoms with Crippen LogP contribution in [-0.4, -0.2) is 0 Å². The van der Waals surface area contributed by atoms with Crippen molar-refractivity contribution in [3.05, 3.63) is 34.9 Å². The van der Waals surface area contributed by atoms with Crippen molar-refractivity contribution in [2.24, 2.45) is 5.92 Å². The first kappa shape index (κ1) is 14.0. The van der Waals surface area contributed by atoms with Gasteiger partial charge in [0.15, 0.2) is 11.6 Å².